The molecule has 1 aliphatic carbocycles. The molecule has 0 bridgehead atoms. The first kappa shape index (κ1) is 20.8. The topological polar surface area (TPSA) is 92.3 Å². The quantitative estimate of drug-likeness (QED) is 0.402. The van der Waals surface area contributed by atoms with Crippen LogP contribution >= 0.6 is 11.6 Å². The van der Waals surface area contributed by atoms with Crippen molar-refractivity contribution in [1.82, 2.24) is 30.1 Å². The highest BCUT2D eigenvalue weighted by Gasteiger charge is 2.15. The number of aromatic nitrogens is 6. The minimum atomic E-state index is 0.631. The Morgan fingerprint density at radius 1 is 1.03 bits per heavy atom. The van der Waals surface area contributed by atoms with Crippen molar-refractivity contribution in [3.63, 3.8) is 0 Å². The van der Waals surface area contributed by atoms with E-state index in [4.69, 9.17) is 16.6 Å². The number of hydrogen-bond acceptors (Lipinski definition) is 6. The number of aromatic amines is 1. The fraction of sp³-hybridized carbons (Fsp3) is 0.375. The summed E-state index contributed by atoms with van der Waals surface area (Å²) in [5.41, 5.74) is 3.40. The van der Waals surface area contributed by atoms with Gasteiger partial charge in [-0.2, -0.15) is 10.1 Å². The minimum Gasteiger partial charge on any atom is -0.354 e. The molecule has 0 saturated heterocycles. The van der Waals surface area contributed by atoms with E-state index >= 15 is 0 Å². The fourth-order valence-electron chi connectivity index (χ4n) is 4.32. The second-order valence-electron chi connectivity index (χ2n) is 8.40. The molecular formula is C24H26ClN7. The van der Waals surface area contributed by atoms with Crippen LogP contribution in [0, 0.1) is 5.92 Å². The first-order chi connectivity index (χ1) is 15.7. The lowest BCUT2D eigenvalue weighted by molar-refractivity contribution is 0.373. The van der Waals surface area contributed by atoms with E-state index in [2.05, 4.69) is 36.5 Å². The van der Waals surface area contributed by atoms with E-state index in [1.165, 1.54) is 37.7 Å². The van der Waals surface area contributed by atoms with Crippen molar-refractivity contribution in [1.29, 1.82) is 0 Å². The molecule has 0 atom stereocenters. The van der Waals surface area contributed by atoms with Gasteiger partial charge in [0.15, 0.2) is 5.65 Å². The molecule has 5 rings (SSSR count). The molecule has 32 heavy (non-hydrogen) atoms. The number of anilines is 1. The number of nitrogens with one attached hydrogen (secondary N) is 2. The van der Waals surface area contributed by atoms with Crippen LogP contribution < -0.4 is 5.32 Å². The van der Waals surface area contributed by atoms with Gasteiger partial charge in [0.05, 0.1) is 16.8 Å². The van der Waals surface area contributed by atoms with Crippen LogP contribution in [0.1, 0.15) is 43.5 Å². The summed E-state index contributed by atoms with van der Waals surface area (Å²) in [7, 11) is 0. The molecule has 0 aliphatic heterocycles. The number of benzene rings is 1. The lowest BCUT2D eigenvalue weighted by Gasteiger charge is -2.21. The zero-order valence-corrected chi connectivity index (χ0v) is 18.6. The summed E-state index contributed by atoms with van der Waals surface area (Å²) >= 11 is 6.09. The van der Waals surface area contributed by atoms with Gasteiger partial charge in [-0.15, -0.1) is 0 Å². The van der Waals surface area contributed by atoms with Crippen LogP contribution in [0.5, 0.6) is 0 Å². The molecule has 0 radical (unpaired) electrons. The molecule has 164 valence electrons. The number of H-pyrrole nitrogens is 1. The van der Waals surface area contributed by atoms with Crippen LogP contribution in [0.4, 0.5) is 5.95 Å². The molecule has 0 amide bonds. The maximum atomic E-state index is 6.09. The van der Waals surface area contributed by atoms with Crippen LogP contribution in [0.3, 0.4) is 0 Å². The summed E-state index contributed by atoms with van der Waals surface area (Å²) < 4.78 is 0. The van der Waals surface area contributed by atoms with Gasteiger partial charge in [0.25, 0.3) is 0 Å². The first-order valence-electron chi connectivity index (χ1n) is 11.3. The van der Waals surface area contributed by atoms with Crippen LogP contribution in [-0.2, 0) is 12.8 Å². The lowest BCUT2D eigenvalue weighted by atomic mass is 9.89. The number of hydrogen-bond donors (Lipinski definition) is 2. The van der Waals surface area contributed by atoms with E-state index in [1.54, 1.807) is 6.20 Å². The molecule has 3 aromatic heterocycles. The van der Waals surface area contributed by atoms with Gasteiger partial charge in [-0.25, -0.2) is 15.0 Å². The molecule has 1 fully saturated rings. The number of nitrogens with zero attached hydrogens (tertiary/aromatic N) is 5. The van der Waals surface area contributed by atoms with Gasteiger partial charge in [0, 0.05) is 30.4 Å². The Balaban J connectivity index is 1.29. The maximum Gasteiger partial charge on any atom is 0.224 e. The Labute approximate surface area is 192 Å². The van der Waals surface area contributed by atoms with E-state index in [0.717, 1.165) is 47.0 Å². The van der Waals surface area contributed by atoms with Gasteiger partial charge >= 0.3 is 0 Å². The molecule has 7 nitrogen and oxygen atoms in total. The van der Waals surface area contributed by atoms with E-state index in [1.807, 2.05) is 30.5 Å². The van der Waals surface area contributed by atoms with Crippen LogP contribution in [0.15, 0.2) is 42.7 Å². The van der Waals surface area contributed by atoms with Crippen LogP contribution in [0.2, 0.25) is 5.02 Å². The largest absolute Gasteiger partial charge is 0.354 e. The van der Waals surface area contributed by atoms with Crippen molar-refractivity contribution in [2.75, 3.05) is 11.9 Å². The number of halogens is 1. The molecule has 1 aromatic carbocycles. The molecular weight excluding hydrogens is 422 g/mol. The Kier molecular flexibility index (Phi) is 6.25. The summed E-state index contributed by atoms with van der Waals surface area (Å²) in [5.74, 6) is 2.12. The Bertz CT molecular complexity index is 1200. The summed E-state index contributed by atoms with van der Waals surface area (Å²) in [6.45, 7) is 0.921. The fourth-order valence-corrected chi connectivity index (χ4v) is 4.53. The molecule has 1 saturated carbocycles. The minimum absolute atomic E-state index is 0.631. The highest BCUT2D eigenvalue weighted by molar-refractivity contribution is 6.30. The van der Waals surface area contributed by atoms with Crippen molar-refractivity contribution >= 4 is 28.6 Å². The number of fused-ring (bicyclic) bond motifs is 1. The summed E-state index contributed by atoms with van der Waals surface area (Å²) in [6, 6.07) is 9.76. The molecule has 3 heterocycles. The average Bonchev–Trinajstić information content (AvgIpc) is 3.26. The standard InChI is InChI=1S/C24H26ClN7/c25-18-8-4-7-16(13-18)9-10-21-26-12-11-20(29-21)22-19-15-28-24(30-23(19)32-31-22)27-14-17-5-2-1-3-6-17/h4,7-8,11-13,15,17H,1-3,5-6,9-10,14H2,(H2,27,28,30,31,32). The smallest absolute Gasteiger partial charge is 0.224 e. The second kappa shape index (κ2) is 9.61. The predicted octanol–water partition coefficient (Wildman–Crippen LogP) is 5.24. The van der Waals surface area contributed by atoms with Crippen molar-refractivity contribution in [2.24, 2.45) is 5.92 Å². The maximum absolute atomic E-state index is 6.09. The molecule has 2 N–H and O–H groups in total. The third-order valence-corrected chi connectivity index (χ3v) is 6.31. The SMILES string of the molecule is Clc1cccc(CCc2nccc(-c3[nH]nc4nc(NCC5CCCCC5)ncc34)n2)c1. The van der Waals surface area contributed by atoms with Gasteiger partial charge < -0.3 is 5.32 Å². The van der Waals surface area contributed by atoms with Crippen molar-refractivity contribution < 1.29 is 0 Å². The van der Waals surface area contributed by atoms with Crippen molar-refractivity contribution in [3.05, 3.63) is 59.1 Å². The van der Waals surface area contributed by atoms with Gasteiger partial charge in [-0.1, -0.05) is 43.0 Å². The van der Waals surface area contributed by atoms with Crippen molar-refractivity contribution in [3.8, 4) is 11.4 Å². The predicted molar refractivity (Wildman–Crippen MR) is 127 cm³/mol. The van der Waals surface area contributed by atoms with Crippen LogP contribution in [-0.4, -0.2) is 36.7 Å². The molecule has 4 aromatic rings. The zero-order valence-electron chi connectivity index (χ0n) is 17.9. The van der Waals surface area contributed by atoms with Gasteiger partial charge in [-0.3, -0.25) is 5.10 Å². The summed E-state index contributed by atoms with van der Waals surface area (Å²) in [6.07, 6.45) is 11.7. The number of aryl methyl sites for hydroxylation is 2. The Hall–Kier alpha value is -3.06. The van der Waals surface area contributed by atoms with Crippen LogP contribution in [0.25, 0.3) is 22.4 Å². The van der Waals surface area contributed by atoms with Gasteiger partial charge in [0.2, 0.25) is 5.95 Å². The Morgan fingerprint density at radius 3 is 2.81 bits per heavy atom. The third-order valence-electron chi connectivity index (χ3n) is 6.07. The zero-order chi connectivity index (χ0) is 21.8. The monoisotopic (exact) mass is 447 g/mol. The number of rotatable bonds is 7. The highest BCUT2D eigenvalue weighted by Crippen LogP contribution is 2.26. The summed E-state index contributed by atoms with van der Waals surface area (Å²) in [5, 5.41) is 12.5. The van der Waals surface area contributed by atoms with Gasteiger partial charge in [0.1, 0.15) is 5.82 Å². The van der Waals surface area contributed by atoms with Crippen molar-refractivity contribution in [2.45, 2.75) is 44.9 Å². The second-order valence-corrected chi connectivity index (χ2v) is 8.84. The molecule has 0 spiro atoms. The van der Waals surface area contributed by atoms with E-state index in [9.17, 15) is 0 Å². The highest BCUT2D eigenvalue weighted by atomic mass is 35.5. The first-order valence-corrected chi connectivity index (χ1v) is 11.6. The average molecular weight is 448 g/mol. The Morgan fingerprint density at radius 2 is 1.94 bits per heavy atom. The summed E-state index contributed by atoms with van der Waals surface area (Å²) in [4.78, 5) is 18.3. The van der Waals surface area contributed by atoms with Gasteiger partial charge in [-0.05, 0) is 48.9 Å². The molecule has 0 unspecified atom stereocenters. The van der Waals surface area contributed by atoms with E-state index in [-0.39, 0.29) is 0 Å². The molecule has 1 aliphatic rings. The molecule has 8 heteroatoms. The van der Waals surface area contributed by atoms with E-state index in [0.29, 0.717) is 17.5 Å². The normalized spacial score (nSPS) is 14.7. The lowest BCUT2D eigenvalue weighted by Crippen LogP contribution is -2.18. The third kappa shape index (κ3) is 4.88. The van der Waals surface area contributed by atoms with E-state index < -0.39 is 0 Å².